The van der Waals surface area contributed by atoms with Gasteiger partial charge in [-0.3, -0.25) is 0 Å². The van der Waals surface area contributed by atoms with Crippen molar-refractivity contribution in [3.8, 4) is 0 Å². The number of anilines is 2. The molecule has 0 aliphatic carbocycles. The zero-order valence-corrected chi connectivity index (χ0v) is 17.0. The molecule has 0 atom stereocenters. The third kappa shape index (κ3) is 3.48. The number of nitrogen functional groups attached to an aromatic ring is 2. The van der Waals surface area contributed by atoms with E-state index in [1.807, 2.05) is 0 Å². The maximum Gasteiger partial charge on any atom is 0.430 e. The Hall–Kier alpha value is -3.14. The van der Waals surface area contributed by atoms with E-state index in [-0.39, 0.29) is 12.1 Å². The van der Waals surface area contributed by atoms with Crippen molar-refractivity contribution in [1.82, 2.24) is 0 Å². The smallest absolute Gasteiger partial charge is 0.398 e. The van der Waals surface area contributed by atoms with Crippen LogP contribution in [0, 0.1) is 0 Å². The number of hydrogen-bond donors (Lipinski definition) is 4. The Balaban J connectivity index is 2.63. The van der Waals surface area contributed by atoms with E-state index in [1.54, 1.807) is 0 Å². The van der Waals surface area contributed by atoms with E-state index in [0.29, 0.717) is 6.07 Å². The van der Waals surface area contributed by atoms with Crippen molar-refractivity contribution in [2.45, 2.75) is 35.9 Å². The lowest BCUT2D eigenvalue weighted by atomic mass is 9.81. The number of nitrogens with two attached hydrogens (primary N) is 2. The molecule has 0 aromatic heterocycles. The van der Waals surface area contributed by atoms with Crippen LogP contribution in [-0.2, 0) is 11.2 Å². The molecular formula is C20H12F12N2O2. The highest BCUT2D eigenvalue weighted by Crippen LogP contribution is 2.57. The zero-order valence-electron chi connectivity index (χ0n) is 17.0. The van der Waals surface area contributed by atoms with Crippen molar-refractivity contribution >= 4 is 32.9 Å². The molecule has 0 aliphatic rings. The second-order valence-corrected chi connectivity index (χ2v) is 7.70. The Kier molecular flexibility index (Phi) is 5.85. The highest BCUT2D eigenvalue weighted by atomic mass is 19.4. The molecular weight excluding hydrogens is 528 g/mol. The van der Waals surface area contributed by atoms with Gasteiger partial charge in [0, 0.05) is 33.3 Å². The minimum Gasteiger partial charge on any atom is -0.398 e. The fourth-order valence-electron chi connectivity index (χ4n) is 3.95. The zero-order chi connectivity index (χ0) is 27.9. The summed E-state index contributed by atoms with van der Waals surface area (Å²) < 4.78 is 162. The fourth-order valence-corrected chi connectivity index (χ4v) is 3.95. The first kappa shape index (κ1) is 27.4. The number of aliphatic hydroxyl groups is 2. The lowest BCUT2D eigenvalue weighted by Crippen LogP contribution is -2.54. The molecule has 36 heavy (non-hydrogen) atoms. The van der Waals surface area contributed by atoms with Crippen molar-refractivity contribution < 1.29 is 62.9 Å². The molecule has 0 spiro atoms. The topological polar surface area (TPSA) is 92.5 Å². The monoisotopic (exact) mass is 540 g/mol. The third-order valence-corrected chi connectivity index (χ3v) is 5.66. The van der Waals surface area contributed by atoms with Crippen LogP contribution >= 0.6 is 0 Å². The van der Waals surface area contributed by atoms with Crippen LogP contribution in [0.5, 0.6) is 0 Å². The summed E-state index contributed by atoms with van der Waals surface area (Å²) in [6.45, 7) is 0. The molecule has 0 heterocycles. The largest absolute Gasteiger partial charge is 0.430 e. The van der Waals surface area contributed by atoms with Gasteiger partial charge in [-0.15, -0.1) is 0 Å². The van der Waals surface area contributed by atoms with Gasteiger partial charge in [0.2, 0.25) is 0 Å². The summed E-state index contributed by atoms with van der Waals surface area (Å²) in [6, 6.07) is 3.35. The van der Waals surface area contributed by atoms with E-state index in [0.717, 1.165) is 18.2 Å². The lowest BCUT2D eigenvalue weighted by Gasteiger charge is -2.36. The van der Waals surface area contributed by atoms with Gasteiger partial charge in [-0.25, -0.2) is 0 Å². The van der Waals surface area contributed by atoms with Crippen molar-refractivity contribution in [3.63, 3.8) is 0 Å². The van der Waals surface area contributed by atoms with Crippen molar-refractivity contribution in [2.75, 3.05) is 11.5 Å². The molecule has 0 saturated heterocycles. The quantitative estimate of drug-likeness (QED) is 0.188. The minimum absolute atomic E-state index is 0.0756. The van der Waals surface area contributed by atoms with Gasteiger partial charge >= 0.3 is 24.7 Å². The second kappa shape index (κ2) is 7.68. The number of hydrogen-bond acceptors (Lipinski definition) is 4. The maximum atomic E-state index is 13.6. The van der Waals surface area contributed by atoms with Crippen molar-refractivity contribution in [1.29, 1.82) is 0 Å². The molecule has 3 rings (SSSR count). The average molecular weight is 540 g/mol. The summed E-state index contributed by atoms with van der Waals surface area (Å²) in [5.41, 5.74) is -6.97. The van der Waals surface area contributed by atoms with Crippen LogP contribution in [0.25, 0.3) is 21.5 Å². The van der Waals surface area contributed by atoms with E-state index in [2.05, 4.69) is 0 Å². The Bertz CT molecular complexity index is 1310. The van der Waals surface area contributed by atoms with Crippen LogP contribution < -0.4 is 11.5 Å². The molecule has 0 fully saturated rings. The normalized spacial score (nSPS) is 14.6. The number of benzene rings is 3. The summed E-state index contributed by atoms with van der Waals surface area (Å²) in [5.74, 6) is 0. The van der Waals surface area contributed by atoms with E-state index < -0.39 is 80.0 Å². The molecule has 3 aromatic rings. The van der Waals surface area contributed by atoms with Crippen LogP contribution in [0.4, 0.5) is 64.1 Å². The lowest BCUT2D eigenvalue weighted by molar-refractivity contribution is -0.376. The molecule has 4 nitrogen and oxygen atoms in total. The van der Waals surface area contributed by atoms with Gasteiger partial charge in [0.25, 0.3) is 11.2 Å². The molecule has 198 valence electrons. The minimum atomic E-state index is -6.42. The van der Waals surface area contributed by atoms with Gasteiger partial charge in [0.05, 0.1) is 0 Å². The predicted octanol–water partition coefficient (Wildman–Crippen LogP) is 5.78. The van der Waals surface area contributed by atoms with Gasteiger partial charge in [-0.05, 0) is 10.8 Å². The molecule has 0 bridgehead atoms. The number of halogens is 12. The standard InChI is InChI=1S/C20H12F12N2O2/c21-17(22,23)15(35,18(24,25)26)10-6-5-9-11(14(10)34)7-3-1-2-4-8(7)12(13(9)33)16(36,19(27,28)29)20(30,31)32/h1-6,35-36H,33-34H2. The van der Waals surface area contributed by atoms with Gasteiger partial charge in [0.1, 0.15) is 0 Å². The Labute approximate surface area is 191 Å². The van der Waals surface area contributed by atoms with E-state index in [9.17, 15) is 62.9 Å². The van der Waals surface area contributed by atoms with E-state index in [1.165, 1.54) is 0 Å². The van der Waals surface area contributed by atoms with Gasteiger partial charge in [-0.1, -0.05) is 36.4 Å². The van der Waals surface area contributed by atoms with Gasteiger partial charge in [0.15, 0.2) is 0 Å². The van der Waals surface area contributed by atoms with Crippen LogP contribution in [0.2, 0.25) is 0 Å². The highest BCUT2D eigenvalue weighted by molar-refractivity contribution is 6.19. The summed E-state index contributed by atoms with van der Waals surface area (Å²) >= 11 is 0. The average Bonchev–Trinajstić information content (AvgIpc) is 2.70. The summed E-state index contributed by atoms with van der Waals surface area (Å²) in [7, 11) is 0. The van der Waals surface area contributed by atoms with Crippen LogP contribution in [0.3, 0.4) is 0 Å². The predicted molar refractivity (Wildman–Crippen MR) is 102 cm³/mol. The summed E-state index contributed by atoms with van der Waals surface area (Å²) in [4.78, 5) is 0. The van der Waals surface area contributed by atoms with E-state index >= 15 is 0 Å². The molecule has 0 aliphatic heterocycles. The van der Waals surface area contributed by atoms with Crippen LogP contribution in [0.1, 0.15) is 11.1 Å². The molecule has 0 radical (unpaired) electrons. The summed E-state index contributed by atoms with van der Waals surface area (Å²) in [5, 5.41) is 15.9. The van der Waals surface area contributed by atoms with Crippen molar-refractivity contribution in [2.24, 2.45) is 0 Å². The van der Waals surface area contributed by atoms with Gasteiger partial charge < -0.3 is 21.7 Å². The second-order valence-electron chi connectivity index (χ2n) is 7.70. The highest BCUT2D eigenvalue weighted by Gasteiger charge is 2.73. The van der Waals surface area contributed by atoms with Crippen molar-refractivity contribution in [3.05, 3.63) is 47.5 Å². The van der Waals surface area contributed by atoms with Gasteiger partial charge in [-0.2, -0.15) is 52.7 Å². The molecule has 0 saturated carbocycles. The number of alkyl halides is 12. The summed E-state index contributed by atoms with van der Waals surface area (Å²) in [6.07, 6.45) is -25.6. The third-order valence-electron chi connectivity index (χ3n) is 5.66. The van der Waals surface area contributed by atoms with E-state index in [4.69, 9.17) is 11.5 Å². The molecule has 16 heteroatoms. The first-order chi connectivity index (χ1) is 16.0. The Morgan fingerprint density at radius 3 is 1.33 bits per heavy atom. The maximum absolute atomic E-state index is 13.6. The first-order valence-electron chi connectivity index (χ1n) is 9.28. The van der Waals surface area contributed by atoms with Crippen LogP contribution in [-0.4, -0.2) is 34.9 Å². The SMILES string of the molecule is Nc1c(C(O)(C(F)(F)F)C(F)(F)F)c2ccccc2c2c(N)c(C(O)(C(F)(F)F)C(F)(F)F)ccc12. The Morgan fingerprint density at radius 2 is 0.917 bits per heavy atom. The van der Waals surface area contributed by atoms with Crippen LogP contribution in [0.15, 0.2) is 36.4 Å². The fraction of sp³-hybridized carbons (Fsp3) is 0.300. The number of fused-ring (bicyclic) bond motifs is 3. The Morgan fingerprint density at radius 1 is 0.500 bits per heavy atom. The molecule has 3 aromatic carbocycles. The molecule has 6 N–H and O–H groups in total. The number of rotatable bonds is 2. The molecule has 0 unspecified atom stereocenters. The first-order valence-corrected chi connectivity index (χ1v) is 9.28. The molecule has 0 amide bonds.